The molecule has 0 saturated carbocycles. The lowest BCUT2D eigenvalue weighted by atomic mass is 9.99. The van der Waals surface area contributed by atoms with Crippen LogP contribution in [-0.4, -0.2) is 34.9 Å². The van der Waals surface area contributed by atoms with E-state index in [1.54, 1.807) is 24.3 Å². The number of carbonyl (C=O) groups excluding carboxylic acids is 1. The highest BCUT2D eigenvalue weighted by atomic mass is 16.6. The van der Waals surface area contributed by atoms with Gasteiger partial charge in [0.15, 0.2) is 5.78 Å². The normalized spacial score (nSPS) is 14.0. The van der Waals surface area contributed by atoms with Gasteiger partial charge in [0, 0.05) is 23.3 Å². The Morgan fingerprint density at radius 1 is 0.962 bits per heavy atom. The number of nitro groups is 1. The first-order valence-electron chi connectivity index (χ1n) is 8.26. The van der Waals surface area contributed by atoms with Crippen LogP contribution in [0.15, 0.2) is 54.6 Å². The fourth-order valence-electron chi connectivity index (χ4n) is 2.56. The van der Waals surface area contributed by atoms with E-state index in [1.807, 2.05) is 6.07 Å². The number of carbonyl (C=O) groups is 2. The largest absolute Gasteiger partial charge is 0.481 e. The summed E-state index contributed by atoms with van der Waals surface area (Å²) >= 11 is 0. The van der Waals surface area contributed by atoms with Crippen LogP contribution in [0.4, 0.5) is 5.69 Å². The number of carboxylic acids is 1. The summed E-state index contributed by atoms with van der Waals surface area (Å²) in [7, 11) is 0. The van der Waals surface area contributed by atoms with Crippen molar-refractivity contribution in [3.05, 3.63) is 75.8 Å². The van der Waals surface area contributed by atoms with Crippen molar-refractivity contribution in [1.29, 1.82) is 0 Å². The van der Waals surface area contributed by atoms with Crippen molar-refractivity contribution in [3.8, 4) is 0 Å². The van der Waals surface area contributed by atoms with E-state index in [0.29, 0.717) is 11.1 Å². The highest BCUT2D eigenvalue weighted by Crippen LogP contribution is 2.15. The van der Waals surface area contributed by atoms with Gasteiger partial charge in [-0.05, 0) is 38.1 Å². The molecule has 2 aromatic carbocycles. The number of nitro benzene ring substituents is 1. The third-order valence-electron chi connectivity index (χ3n) is 4.06. The first kappa shape index (κ1) is 19.3. The van der Waals surface area contributed by atoms with Crippen molar-refractivity contribution in [2.45, 2.75) is 12.8 Å². The van der Waals surface area contributed by atoms with Gasteiger partial charge in [0.1, 0.15) is 0 Å². The van der Waals surface area contributed by atoms with Crippen molar-refractivity contribution >= 4 is 17.4 Å². The SMILES string of the molecule is O=C(O)C1CCNCC1.O=C(c1ccccc1)c1ccc([N+](=O)[O-])cc1. The summed E-state index contributed by atoms with van der Waals surface area (Å²) < 4.78 is 0. The van der Waals surface area contributed by atoms with Crippen LogP contribution in [0, 0.1) is 16.0 Å². The van der Waals surface area contributed by atoms with E-state index in [4.69, 9.17) is 5.11 Å². The molecular formula is C19H20N2O5. The van der Waals surface area contributed by atoms with E-state index in [1.165, 1.54) is 24.3 Å². The van der Waals surface area contributed by atoms with E-state index in [0.717, 1.165) is 25.9 Å². The van der Waals surface area contributed by atoms with Crippen molar-refractivity contribution in [3.63, 3.8) is 0 Å². The number of aliphatic carboxylic acids is 1. The van der Waals surface area contributed by atoms with Gasteiger partial charge in [-0.25, -0.2) is 0 Å². The van der Waals surface area contributed by atoms with Gasteiger partial charge in [-0.2, -0.15) is 0 Å². The molecule has 1 aliphatic rings. The Morgan fingerprint density at radius 2 is 1.50 bits per heavy atom. The Kier molecular flexibility index (Phi) is 6.99. The Labute approximate surface area is 150 Å². The lowest BCUT2D eigenvalue weighted by molar-refractivity contribution is -0.384. The molecule has 2 aromatic rings. The van der Waals surface area contributed by atoms with Crippen LogP contribution in [0.5, 0.6) is 0 Å². The molecule has 3 rings (SSSR count). The number of benzene rings is 2. The zero-order chi connectivity index (χ0) is 18.9. The smallest absolute Gasteiger partial charge is 0.306 e. The minimum Gasteiger partial charge on any atom is -0.481 e. The van der Waals surface area contributed by atoms with Crippen molar-refractivity contribution in [1.82, 2.24) is 5.32 Å². The molecule has 0 amide bonds. The van der Waals surface area contributed by atoms with Gasteiger partial charge in [-0.3, -0.25) is 19.7 Å². The van der Waals surface area contributed by atoms with Gasteiger partial charge in [-0.1, -0.05) is 30.3 Å². The molecule has 7 heteroatoms. The molecular weight excluding hydrogens is 336 g/mol. The Balaban J connectivity index is 0.000000228. The molecule has 1 heterocycles. The lowest BCUT2D eigenvalue weighted by Gasteiger charge is -2.17. The molecule has 0 unspecified atom stereocenters. The van der Waals surface area contributed by atoms with Gasteiger partial charge in [0.25, 0.3) is 5.69 Å². The molecule has 0 bridgehead atoms. The van der Waals surface area contributed by atoms with Crippen molar-refractivity contribution in [2.24, 2.45) is 5.92 Å². The number of rotatable bonds is 4. The number of nitrogens with zero attached hydrogens (tertiary/aromatic N) is 1. The molecule has 1 saturated heterocycles. The van der Waals surface area contributed by atoms with E-state index in [-0.39, 0.29) is 17.4 Å². The molecule has 1 aliphatic heterocycles. The minimum absolute atomic E-state index is 0.0189. The zero-order valence-electron chi connectivity index (χ0n) is 14.1. The van der Waals surface area contributed by atoms with Gasteiger partial charge in [-0.15, -0.1) is 0 Å². The fraction of sp³-hybridized carbons (Fsp3) is 0.263. The van der Waals surface area contributed by atoms with Gasteiger partial charge in [0.2, 0.25) is 0 Å². The molecule has 136 valence electrons. The standard InChI is InChI=1S/C13H9NO3.C6H11NO2/c15-13(10-4-2-1-3-5-10)11-6-8-12(9-7-11)14(16)17;8-6(9)5-1-3-7-4-2-5/h1-9H;5,7H,1-4H2,(H,8,9). The summed E-state index contributed by atoms with van der Waals surface area (Å²) in [6, 6.07) is 14.4. The maximum Gasteiger partial charge on any atom is 0.306 e. The quantitative estimate of drug-likeness (QED) is 0.495. The molecule has 1 fully saturated rings. The first-order chi connectivity index (χ1) is 12.5. The number of ketones is 1. The van der Waals surface area contributed by atoms with Crippen LogP contribution in [0.2, 0.25) is 0 Å². The molecule has 0 spiro atoms. The Bertz CT molecular complexity index is 753. The summed E-state index contributed by atoms with van der Waals surface area (Å²) in [5, 5.41) is 22.1. The maximum atomic E-state index is 12.0. The zero-order valence-corrected chi connectivity index (χ0v) is 14.1. The molecule has 0 atom stereocenters. The molecule has 7 nitrogen and oxygen atoms in total. The van der Waals surface area contributed by atoms with Crippen molar-refractivity contribution in [2.75, 3.05) is 13.1 Å². The molecule has 0 aliphatic carbocycles. The van der Waals surface area contributed by atoms with Crippen molar-refractivity contribution < 1.29 is 19.6 Å². The van der Waals surface area contributed by atoms with Gasteiger partial charge >= 0.3 is 5.97 Å². The van der Waals surface area contributed by atoms with Gasteiger partial charge < -0.3 is 10.4 Å². The minimum atomic E-state index is -0.642. The summed E-state index contributed by atoms with van der Waals surface area (Å²) in [5.41, 5.74) is 0.998. The van der Waals surface area contributed by atoms with E-state index in [2.05, 4.69) is 5.32 Å². The van der Waals surface area contributed by atoms with Gasteiger partial charge in [0.05, 0.1) is 10.8 Å². The second-order valence-electron chi connectivity index (χ2n) is 5.86. The van der Waals surface area contributed by atoms with Crippen LogP contribution >= 0.6 is 0 Å². The van der Waals surface area contributed by atoms with Crippen LogP contribution in [0.25, 0.3) is 0 Å². The van der Waals surface area contributed by atoms with E-state index in [9.17, 15) is 19.7 Å². The molecule has 0 aromatic heterocycles. The third kappa shape index (κ3) is 5.49. The number of hydrogen-bond acceptors (Lipinski definition) is 5. The van der Waals surface area contributed by atoms with Crippen LogP contribution in [0.1, 0.15) is 28.8 Å². The number of nitrogens with one attached hydrogen (secondary N) is 1. The number of piperidine rings is 1. The molecule has 2 N–H and O–H groups in total. The lowest BCUT2D eigenvalue weighted by Crippen LogP contribution is -2.31. The second-order valence-corrected chi connectivity index (χ2v) is 5.86. The third-order valence-corrected chi connectivity index (χ3v) is 4.06. The van der Waals surface area contributed by atoms with E-state index < -0.39 is 10.9 Å². The molecule has 26 heavy (non-hydrogen) atoms. The Morgan fingerprint density at radius 3 is 1.96 bits per heavy atom. The van der Waals surface area contributed by atoms with Crippen LogP contribution < -0.4 is 5.32 Å². The first-order valence-corrected chi connectivity index (χ1v) is 8.26. The maximum absolute atomic E-state index is 12.0. The highest BCUT2D eigenvalue weighted by Gasteiger charge is 2.19. The predicted octanol–water partition coefficient (Wildman–Crippen LogP) is 2.90. The average molecular weight is 356 g/mol. The Hall–Kier alpha value is -3.06. The average Bonchev–Trinajstić information content (AvgIpc) is 2.69. The number of non-ortho nitro benzene ring substituents is 1. The summed E-state index contributed by atoms with van der Waals surface area (Å²) in [5.74, 6) is -0.872. The molecule has 0 radical (unpaired) electrons. The fourth-order valence-corrected chi connectivity index (χ4v) is 2.56. The summed E-state index contributed by atoms with van der Waals surface area (Å²) in [6.07, 6.45) is 1.57. The monoisotopic (exact) mass is 356 g/mol. The summed E-state index contributed by atoms with van der Waals surface area (Å²) in [6.45, 7) is 1.72. The second kappa shape index (κ2) is 9.43. The number of carboxylic acid groups (broad SMARTS) is 1. The van der Waals surface area contributed by atoms with Crippen LogP contribution in [-0.2, 0) is 4.79 Å². The summed E-state index contributed by atoms with van der Waals surface area (Å²) in [4.78, 5) is 32.3. The number of hydrogen-bond donors (Lipinski definition) is 2. The van der Waals surface area contributed by atoms with Crippen LogP contribution in [0.3, 0.4) is 0 Å². The predicted molar refractivity (Wildman–Crippen MR) is 96.2 cm³/mol. The highest BCUT2D eigenvalue weighted by molar-refractivity contribution is 6.09. The topological polar surface area (TPSA) is 110 Å². The van der Waals surface area contributed by atoms with E-state index >= 15 is 0 Å².